The van der Waals surface area contributed by atoms with Gasteiger partial charge in [-0.05, 0) is 74.8 Å². The number of aryl methyl sites for hydroxylation is 1. The first-order valence-electron chi connectivity index (χ1n) is 7.48. The fourth-order valence-electron chi connectivity index (χ4n) is 2.89. The Morgan fingerprint density at radius 2 is 1.80 bits per heavy atom. The molecule has 114 valence electrons. The van der Waals surface area contributed by atoms with E-state index in [0.29, 0.717) is 13.0 Å². The maximum Gasteiger partial charge on any atom is 0.122 e. The highest BCUT2D eigenvalue weighted by molar-refractivity contribution is 5.49. The van der Waals surface area contributed by atoms with Crippen molar-refractivity contribution in [3.8, 4) is 5.75 Å². The monoisotopic (exact) mass is 280 g/mol. The number of ether oxygens (including phenoxy) is 1. The van der Waals surface area contributed by atoms with Crippen molar-refractivity contribution in [2.45, 2.75) is 59.5 Å². The van der Waals surface area contributed by atoms with Crippen LogP contribution in [-0.4, -0.2) is 29.5 Å². The maximum absolute atomic E-state index is 9.74. The number of aliphatic hydroxyl groups is 2. The Kier molecular flexibility index (Phi) is 6.50. The third kappa shape index (κ3) is 3.74. The predicted octanol–water partition coefficient (Wildman–Crippen LogP) is 3.25. The molecule has 0 aliphatic carbocycles. The summed E-state index contributed by atoms with van der Waals surface area (Å²) in [5.41, 5.74) is 4.91. The highest BCUT2D eigenvalue weighted by atomic mass is 16.5. The van der Waals surface area contributed by atoms with Crippen LogP contribution in [-0.2, 0) is 0 Å². The van der Waals surface area contributed by atoms with Crippen LogP contribution in [0, 0.1) is 20.8 Å². The van der Waals surface area contributed by atoms with Crippen LogP contribution >= 0.6 is 0 Å². The average Bonchev–Trinajstić information content (AvgIpc) is 2.43. The average molecular weight is 280 g/mol. The van der Waals surface area contributed by atoms with E-state index >= 15 is 0 Å². The van der Waals surface area contributed by atoms with Gasteiger partial charge in [0.25, 0.3) is 0 Å². The number of rotatable bonds is 7. The van der Waals surface area contributed by atoms with E-state index in [-0.39, 0.29) is 12.5 Å². The molecule has 0 amide bonds. The van der Waals surface area contributed by atoms with Gasteiger partial charge in [-0.2, -0.15) is 0 Å². The fourth-order valence-corrected chi connectivity index (χ4v) is 2.89. The van der Waals surface area contributed by atoms with Gasteiger partial charge in [0.05, 0.1) is 19.3 Å². The number of hydrogen-bond donors (Lipinski definition) is 2. The van der Waals surface area contributed by atoms with E-state index in [1.165, 1.54) is 22.3 Å². The minimum absolute atomic E-state index is 0.176. The molecular weight excluding hydrogens is 252 g/mol. The summed E-state index contributed by atoms with van der Waals surface area (Å²) in [7, 11) is 0. The topological polar surface area (TPSA) is 49.7 Å². The molecule has 3 nitrogen and oxygen atoms in total. The molecule has 0 bridgehead atoms. The highest BCUT2D eigenvalue weighted by Crippen LogP contribution is 2.35. The number of hydrogen-bond acceptors (Lipinski definition) is 3. The van der Waals surface area contributed by atoms with Crippen molar-refractivity contribution in [1.82, 2.24) is 0 Å². The minimum Gasteiger partial charge on any atom is -0.494 e. The maximum atomic E-state index is 9.74. The quantitative estimate of drug-likeness (QED) is 0.806. The second-order valence-corrected chi connectivity index (χ2v) is 5.47. The Labute approximate surface area is 122 Å². The molecule has 0 aliphatic heterocycles. The van der Waals surface area contributed by atoms with Gasteiger partial charge >= 0.3 is 0 Å². The van der Waals surface area contributed by atoms with Crippen molar-refractivity contribution in [2.75, 3.05) is 13.2 Å². The molecular formula is C17H28O3. The van der Waals surface area contributed by atoms with Crippen LogP contribution in [0.25, 0.3) is 0 Å². The summed E-state index contributed by atoms with van der Waals surface area (Å²) >= 11 is 0. The van der Waals surface area contributed by atoms with Crippen LogP contribution in [0.1, 0.15) is 54.9 Å². The zero-order valence-corrected chi connectivity index (χ0v) is 13.4. The van der Waals surface area contributed by atoms with Gasteiger partial charge in [0.2, 0.25) is 0 Å². The summed E-state index contributed by atoms with van der Waals surface area (Å²) in [6.45, 7) is 10.9. The van der Waals surface area contributed by atoms with Crippen molar-refractivity contribution in [2.24, 2.45) is 0 Å². The van der Waals surface area contributed by atoms with E-state index in [4.69, 9.17) is 9.84 Å². The molecule has 2 atom stereocenters. The summed E-state index contributed by atoms with van der Waals surface area (Å²) in [6, 6.07) is 2.09. The van der Waals surface area contributed by atoms with Crippen LogP contribution < -0.4 is 4.74 Å². The third-order valence-electron chi connectivity index (χ3n) is 4.08. The summed E-state index contributed by atoms with van der Waals surface area (Å²) < 4.78 is 5.68. The lowest BCUT2D eigenvalue weighted by atomic mass is 9.83. The lowest BCUT2D eigenvalue weighted by Gasteiger charge is -2.24. The SMILES string of the molecule is CCOc1cc(C)c(C(CC)CC(O)CO)c(C)c1C. The Hall–Kier alpha value is -1.06. The van der Waals surface area contributed by atoms with Crippen molar-refractivity contribution in [1.29, 1.82) is 0 Å². The minimum atomic E-state index is -0.648. The molecule has 0 radical (unpaired) electrons. The first-order valence-corrected chi connectivity index (χ1v) is 7.48. The lowest BCUT2D eigenvalue weighted by Crippen LogP contribution is -2.17. The Balaban J connectivity index is 3.19. The van der Waals surface area contributed by atoms with Gasteiger partial charge in [0, 0.05) is 0 Å². The van der Waals surface area contributed by atoms with Gasteiger partial charge < -0.3 is 14.9 Å². The molecule has 1 rings (SSSR count). The normalized spacial score (nSPS) is 14.2. The van der Waals surface area contributed by atoms with Gasteiger partial charge in [-0.1, -0.05) is 6.92 Å². The molecule has 3 heteroatoms. The van der Waals surface area contributed by atoms with Crippen LogP contribution in [0.5, 0.6) is 5.75 Å². The first-order chi connectivity index (χ1) is 9.46. The van der Waals surface area contributed by atoms with Crippen molar-refractivity contribution in [3.63, 3.8) is 0 Å². The van der Waals surface area contributed by atoms with Gasteiger partial charge in [0.1, 0.15) is 5.75 Å². The van der Waals surface area contributed by atoms with Gasteiger partial charge in [-0.25, -0.2) is 0 Å². The molecule has 1 aromatic carbocycles. The largest absolute Gasteiger partial charge is 0.494 e. The molecule has 0 spiro atoms. The van der Waals surface area contributed by atoms with Gasteiger partial charge in [0.15, 0.2) is 0 Å². The zero-order valence-electron chi connectivity index (χ0n) is 13.4. The third-order valence-corrected chi connectivity index (χ3v) is 4.08. The standard InChI is InChI=1S/C17H28O3/c1-6-14(9-15(19)10-18)17-11(3)8-16(20-7-2)12(4)13(17)5/h8,14-15,18-19H,6-7,9-10H2,1-5H3. The molecule has 0 aliphatic rings. The molecule has 0 fully saturated rings. The number of benzene rings is 1. The summed E-state index contributed by atoms with van der Waals surface area (Å²) in [4.78, 5) is 0. The van der Waals surface area contributed by atoms with E-state index in [2.05, 4.69) is 33.8 Å². The van der Waals surface area contributed by atoms with E-state index in [1.54, 1.807) is 0 Å². The van der Waals surface area contributed by atoms with E-state index in [1.807, 2.05) is 6.92 Å². The zero-order chi connectivity index (χ0) is 15.3. The smallest absolute Gasteiger partial charge is 0.122 e. The molecule has 20 heavy (non-hydrogen) atoms. The van der Waals surface area contributed by atoms with Crippen molar-refractivity contribution < 1.29 is 14.9 Å². The van der Waals surface area contributed by atoms with Crippen molar-refractivity contribution in [3.05, 3.63) is 28.3 Å². The van der Waals surface area contributed by atoms with Gasteiger partial charge in [-0.15, -0.1) is 0 Å². The molecule has 0 saturated heterocycles. The van der Waals surface area contributed by atoms with Crippen LogP contribution in [0.4, 0.5) is 0 Å². The molecule has 2 unspecified atom stereocenters. The summed E-state index contributed by atoms with van der Waals surface area (Å²) in [6.07, 6.45) is 0.902. The molecule has 1 aromatic rings. The van der Waals surface area contributed by atoms with E-state index in [0.717, 1.165) is 12.2 Å². The molecule has 2 N–H and O–H groups in total. The molecule has 0 heterocycles. The van der Waals surface area contributed by atoms with E-state index in [9.17, 15) is 5.11 Å². The Morgan fingerprint density at radius 1 is 1.15 bits per heavy atom. The fraction of sp³-hybridized carbons (Fsp3) is 0.647. The summed E-state index contributed by atoms with van der Waals surface area (Å²) in [5.74, 6) is 1.22. The van der Waals surface area contributed by atoms with Crippen LogP contribution in [0.15, 0.2) is 6.07 Å². The molecule has 0 saturated carbocycles. The van der Waals surface area contributed by atoms with Gasteiger partial charge in [-0.3, -0.25) is 0 Å². The summed E-state index contributed by atoms with van der Waals surface area (Å²) in [5, 5.41) is 18.8. The highest BCUT2D eigenvalue weighted by Gasteiger charge is 2.20. The lowest BCUT2D eigenvalue weighted by molar-refractivity contribution is 0.0816. The van der Waals surface area contributed by atoms with Crippen LogP contribution in [0.3, 0.4) is 0 Å². The Morgan fingerprint density at radius 3 is 2.30 bits per heavy atom. The Bertz CT molecular complexity index is 440. The van der Waals surface area contributed by atoms with Crippen LogP contribution in [0.2, 0.25) is 0 Å². The second-order valence-electron chi connectivity index (χ2n) is 5.47. The van der Waals surface area contributed by atoms with Crippen molar-refractivity contribution >= 4 is 0 Å². The first kappa shape index (κ1) is 17.0. The second kappa shape index (κ2) is 7.65. The van der Waals surface area contributed by atoms with E-state index < -0.39 is 6.10 Å². The predicted molar refractivity (Wildman–Crippen MR) is 82.6 cm³/mol. The number of aliphatic hydroxyl groups excluding tert-OH is 2. The molecule has 0 aromatic heterocycles.